The Balaban J connectivity index is 3.75. The van der Waals surface area contributed by atoms with Crippen molar-refractivity contribution in [1.29, 1.82) is 0 Å². The molecule has 1 aromatic rings. The number of sulfone groups is 1. The lowest BCUT2D eigenvalue weighted by atomic mass is 10.1. The van der Waals surface area contributed by atoms with E-state index in [0.29, 0.717) is 0 Å². The van der Waals surface area contributed by atoms with Gasteiger partial charge in [-0.3, -0.25) is 4.21 Å². The lowest BCUT2D eigenvalue weighted by Crippen LogP contribution is -2.50. The number of hydrogen-bond acceptors (Lipinski definition) is 4. The van der Waals surface area contributed by atoms with E-state index >= 15 is 0 Å². The van der Waals surface area contributed by atoms with E-state index in [1.165, 1.54) is 18.2 Å². The van der Waals surface area contributed by atoms with Crippen LogP contribution in [0.15, 0.2) is 24.4 Å². The van der Waals surface area contributed by atoms with Gasteiger partial charge in [0.25, 0.3) is 9.84 Å². The molecule has 13 heteroatoms. The van der Waals surface area contributed by atoms with Gasteiger partial charge < -0.3 is 4.55 Å². The molecule has 0 radical (unpaired) electrons. The van der Waals surface area contributed by atoms with Crippen molar-refractivity contribution in [3.8, 4) is 0 Å². The van der Waals surface area contributed by atoms with Crippen LogP contribution in [0.1, 0.15) is 19.5 Å². The number of pyridine rings is 1. The van der Waals surface area contributed by atoms with Crippen LogP contribution in [0.2, 0.25) is 0 Å². The minimum atomic E-state index is -6.73. The Bertz CT molecular complexity index is 881. The maximum absolute atomic E-state index is 12.8. The average molecular weight is 427 g/mol. The normalized spacial score (nSPS) is 15.8. The number of halogens is 6. The highest BCUT2D eigenvalue weighted by molar-refractivity contribution is 8.22. The maximum atomic E-state index is 12.8. The first-order valence-electron chi connectivity index (χ1n) is 6.97. The highest BCUT2D eigenvalue weighted by atomic mass is 32.3. The second kappa shape index (κ2) is 7.35. The summed E-state index contributed by atoms with van der Waals surface area (Å²) in [6, 6.07) is 4.00. The molecule has 150 valence electrons. The standard InChI is InChI=1S/C13H15F6NO4S2/c1-9(2)7-10-5-3-4-6-20(10)8-11(25(21,22)12(14,15)16)26(23,24)13(17,18)19/h3-6,9H,7-8H2,1-2H3. The lowest BCUT2D eigenvalue weighted by Gasteiger charge is -2.23. The van der Waals surface area contributed by atoms with Crippen LogP contribution in [0.3, 0.4) is 0 Å². The highest BCUT2D eigenvalue weighted by Crippen LogP contribution is 2.31. The van der Waals surface area contributed by atoms with Gasteiger partial charge in [0.05, 0.1) is 0 Å². The molecule has 0 aliphatic heterocycles. The number of nitrogens with zero attached hydrogens (tertiary/aromatic N) is 1. The van der Waals surface area contributed by atoms with Crippen LogP contribution in [0.25, 0.3) is 0 Å². The summed E-state index contributed by atoms with van der Waals surface area (Å²) in [4.78, 5) is 0. The van der Waals surface area contributed by atoms with E-state index in [0.717, 1.165) is 10.8 Å². The molecule has 1 unspecified atom stereocenters. The van der Waals surface area contributed by atoms with E-state index in [-0.39, 0.29) is 18.0 Å². The summed E-state index contributed by atoms with van der Waals surface area (Å²) in [5, 5.41) is 0. The third kappa shape index (κ3) is 4.68. The Hall–Kier alpha value is -1.34. The van der Waals surface area contributed by atoms with Crippen molar-refractivity contribution in [3.63, 3.8) is 0 Å². The van der Waals surface area contributed by atoms with Crippen LogP contribution in [0, 0.1) is 5.92 Å². The van der Waals surface area contributed by atoms with Gasteiger partial charge >= 0.3 is 11.0 Å². The van der Waals surface area contributed by atoms with Gasteiger partial charge in [0, 0.05) is 28.4 Å². The summed E-state index contributed by atoms with van der Waals surface area (Å²) < 4.78 is 121. The van der Waals surface area contributed by atoms with Crippen molar-refractivity contribution in [3.05, 3.63) is 30.1 Å². The zero-order valence-corrected chi connectivity index (χ0v) is 15.1. The van der Waals surface area contributed by atoms with Gasteiger partial charge in [-0.1, -0.05) is 19.9 Å². The fourth-order valence-electron chi connectivity index (χ4n) is 1.98. The molecule has 0 aromatic carbocycles. The smallest absolute Gasteiger partial charge is 0.502 e. The number of aromatic nitrogens is 1. The highest BCUT2D eigenvalue weighted by Gasteiger charge is 2.54. The predicted octanol–water partition coefficient (Wildman–Crippen LogP) is 2.17. The molecule has 0 N–H and O–H groups in total. The monoisotopic (exact) mass is 427 g/mol. The molecule has 1 atom stereocenters. The Morgan fingerprint density at radius 1 is 1.08 bits per heavy atom. The van der Waals surface area contributed by atoms with Gasteiger partial charge in [-0.05, 0) is 5.92 Å². The minimum absolute atomic E-state index is 0.0782. The zero-order valence-electron chi connectivity index (χ0n) is 13.5. The average Bonchev–Trinajstić information content (AvgIpc) is 2.42. The van der Waals surface area contributed by atoms with Crippen molar-refractivity contribution in [2.75, 3.05) is 0 Å². The van der Waals surface area contributed by atoms with Crippen molar-refractivity contribution < 1.29 is 48.1 Å². The van der Waals surface area contributed by atoms with E-state index in [9.17, 15) is 43.5 Å². The second-order valence-electron chi connectivity index (χ2n) is 5.69. The van der Waals surface area contributed by atoms with Crippen LogP contribution in [-0.2, 0) is 32.6 Å². The summed E-state index contributed by atoms with van der Waals surface area (Å²) >= 11 is 0. The van der Waals surface area contributed by atoms with Gasteiger partial charge in [-0.15, -0.1) is 0 Å². The molecule has 5 nitrogen and oxygen atoms in total. The molecule has 0 spiro atoms. The molecule has 0 bridgehead atoms. The first-order chi connectivity index (χ1) is 11.5. The van der Waals surface area contributed by atoms with Crippen molar-refractivity contribution in [2.45, 2.75) is 37.8 Å². The molecular weight excluding hydrogens is 412 g/mol. The maximum Gasteiger partial charge on any atom is 0.502 e. The summed E-state index contributed by atoms with van der Waals surface area (Å²) in [5.41, 5.74) is -12.2. The van der Waals surface area contributed by atoms with Gasteiger partial charge in [0.1, 0.15) is 0 Å². The van der Waals surface area contributed by atoms with Gasteiger partial charge in [-0.25, -0.2) is 8.42 Å². The van der Waals surface area contributed by atoms with Gasteiger partial charge in [-0.2, -0.15) is 30.9 Å². The SMILES string of the molecule is CC(C)Cc1cccc[n+]1CC(S(=O)(=O)C(F)(F)F)=S(=O)([O-])C(F)(F)F. The van der Waals surface area contributed by atoms with Crippen molar-refractivity contribution in [1.82, 2.24) is 0 Å². The fraction of sp³-hybridized carbons (Fsp3) is 0.538. The predicted molar refractivity (Wildman–Crippen MR) is 80.1 cm³/mol. The van der Waals surface area contributed by atoms with Crippen LogP contribution in [-0.4, -0.2) is 32.4 Å². The number of rotatable bonds is 4. The Morgan fingerprint density at radius 3 is 2.04 bits per heavy atom. The molecule has 1 rings (SSSR count). The van der Waals surface area contributed by atoms with Crippen molar-refractivity contribution >= 4 is 23.8 Å². The molecular formula is C13H15F6NO4S2. The van der Waals surface area contributed by atoms with E-state index < -0.39 is 41.4 Å². The van der Waals surface area contributed by atoms with Crippen LogP contribution in [0.4, 0.5) is 26.3 Å². The Morgan fingerprint density at radius 2 is 1.62 bits per heavy atom. The molecule has 1 aromatic heterocycles. The first-order valence-corrected chi connectivity index (χ1v) is 9.94. The molecule has 0 aliphatic carbocycles. The number of hydrogen-bond donors (Lipinski definition) is 0. The third-order valence-electron chi connectivity index (χ3n) is 3.16. The van der Waals surface area contributed by atoms with Crippen LogP contribution < -0.4 is 4.57 Å². The summed E-state index contributed by atoms with van der Waals surface area (Å²) in [7, 11) is -13.5. The van der Waals surface area contributed by atoms with E-state index in [1.54, 1.807) is 13.8 Å². The molecule has 0 amide bonds. The Kier molecular flexibility index (Phi) is 6.42. The fourth-order valence-corrected chi connectivity index (χ4v) is 4.84. The zero-order chi connectivity index (χ0) is 20.6. The summed E-state index contributed by atoms with van der Waals surface area (Å²) in [6.45, 7) is 1.80. The Labute approximate surface area is 146 Å². The largest absolute Gasteiger partial charge is 0.770 e. The summed E-state index contributed by atoms with van der Waals surface area (Å²) in [5.74, 6) is -0.0782. The molecule has 0 fully saturated rings. The molecule has 0 aliphatic rings. The third-order valence-corrected chi connectivity index (χ3v) is 7.15. The second-order valence-corrected chi connectivity index (χ2v) is 9.87. The van der Waals surface area contributed by atoms with Crippen LogP contribution in [0.5, 0.6) is 0 Å². The molecule has 0 saturated carbocycles. The topological polar surface area (TPSA) is 78.1 Å². The first kappa shape index (κ1) is 22.7. The van der Waals surface area contributed by atoms with E-state index in [1.807, 2.05) is 0 Å². The molecule has 1 heterocycles. The quantitative estimate of drug-likeness (QED) is 0.419. The van der Waals surface area contributed by atoms with Crippen LogP contribution >= 0.6 is 0 Å². The minimum Gasteiger partial charge on any atom is -0.770 e. The summed E-state index contributed by atoms with van der Waals surface area (Å²) in [6.07, 6.45) is 1.18. The number of alkyl halides is 6. The van der Waals surface area contributed by atoms with Gasteiger partial charge in [0.15, 0.2) is 22.6 Å². The lowest BCUT2D eigenvalue weighted by molar-refractivity contribution is -0.688. The molecule has 0 saturated heterocycles. The van der Waals surface area contributed by atoms with E-state index in [2.05, 4.69) is 0 Å². The van der Waals surface area contributed by atoms with Crippen molar-refractivity contribution in [2.24, 2.45) is 5.92 Å². The van der Waals surface area contributed by atoms with E-state index in [4.69, 9.17) is 0 Å². The molecule has 26 heavy (non-hydrogen) atoms. The van der Waals surface area contributed by atoms with Gasteiger partial charge in [0.2, 0.25) is 0 Å².